The van der Waals surface area contributed by atoms with E-state index in [0.29, 0.717) is 6.42 Å². The van der Waals surface area contributed by atoms with Crippen LogP contribution in [0.5, 0.6) is 0 Å². The van der Waals surface area contributed by atoms with Crippen molar-refractivity contribution < 1.29 is 9.50 Å². The molecule has 0 heterocycles. The molecule has 0 saturated heterocycles. The molecule has 3 heteroatoms. The van der Waals surface area contributed by atoms with Gasteiger partial charge in [0.05, 0.1) is 12.1 Å². The third-order valence-corrected chi connectivity index (χ3v) is 2.82. The van der Waals surface area contributed by atoms with Gasteiger partial charge in [0.2, 0.25) is 0 Å². The van der Waals surface area contributed by atoms with E-state index in [1.165, 1.54) is 12.1 Å². The van der Waals surface area contributed by atoms with Gasteiger partial charge < -0.3 is 10.4 Å². The third-order valence-electron chi connectivity index (χ3n) is 2.82. The monoisotopic (exact) mass is 225 g/mol. The Balaban J connectivity index is 3.09. The summed E-state index contributed by atoms with van der Waals surface area (Å²) >= 11 is 0. The van der Waals surface area contributed by atoms with Crippen molar-refractivity contribution >= 4 is 0 Å². The first-order chi connectivity index (χ1) is 7.54. The number of rotatable bonds is 5. The van der Waals surface area contributed by atoms with Crippen molar-refractivity contribution in [1.82, 2.24) is 5.32 Å². The summed E-state index contributed by atoms with van der Waals surface area (Å²) in [5, 5.41) is 12.9. The molecule has 0 amide bonds. The number of hydrogen-bond acceptors (Lipinski definition) is 2. The van der Waals surface area contributed by atoms with Crippen LogP contribution in [0, 0.1) is 5.82 Å². The Morgan fingerprint density at radius 2 is 2.12 bits per heavy atom. The molecule has 1 aromatic rings. The van der Waals surface area contributed by atoms with Crippen molar-refractivity contribution in [2.45, 2.75) is 38.8 Å². The minimum absolute atomic E-state index is 0.0366. The van der Waals surface area contributed by atoms with E-state index in [1.54, 1.807) is 6.07 Å². The molecule has 16 heavy (non-hydrogen) atoms. The molecule has 1 aromatic carbocycles. The van der Waals surface area contributed by atoms with Gasteiger partial charge in [-0.05, 0) is 38.0 Å². The molecule has 1 rings (SSSR count). The van der Waals surface area contributed by atoms with Crippen molar-refractivity contribution in [2.75, 3.05) is 6.61 Å². The van der Waals surface area contributed by atoms with Gasteiger partial charge in [-0.3, -0.25) is 0 Å². The van der Waals surface area contributed by atoms with E-state index in [2.05, 4.69) is 5.32 Å². The molecule has 0 aliphatic carbocycles. The van der Waals surface area contributed by atoms with Gasteiger partial charge in [0.25, 0.3) is 0 Å². The van der Waals surface area contributed by atoms with Crippen LogP contribution in [0.15, 0.2) is 24.3 Å². The van der Waals surface area contributed by atoms with Gasteiger partial charge in [0.15, 0.2) is 0 Å². The van der Waals surface area contributed by atoms with Crippen molar-refractivity contribution in [3.63, 3.8) is 0 Å². The first-order valence-corrected chi connectivity index (χ1v) is 5.68. The second-order valence-electron chi connectivity index (χ2n) is 4.40. The van der Waals surface area contributed by atoms with E-state index >= 15 is 0 Å². The maximum atomic E-state index is 13.2. The lowest BCUT2D eigenvalue weighted by Gasteiger charge is -2.34. The summed E-state index contributed by atoms with van der Waals surface area (Å²) in [6, 6.07) is 6.65. The van der Waals surface area contributed by atoms with Crippen molar-refractivity contribution in [2.24, 2.45) is 0 Å². The molecule has 2 N–H and O–H groups in total. The molecule has 2 nitrogen and oxygen atoms in total. The summed E-state index contributed by atoms with van der Waals surface area (Å²) in [4.78, 5) is 0. The van der Waals surface area contributed by atoms with E-state index in [1.807, 2.05) is 26.8 Å². The number of hydrogen-bond donors (Lipinski definition) is 2. The van der Waals surface area contributed by atoms with Gasteiger partial charge in [-0.25, -0.2) is 4.39 Å². The van der Waals surface area contributed by atoms with E-state index < -0.39 is 5.54 Å². The average molecular weight is 225 g/mol. The third kappa shape index (κ3) is 2.80. The van der Waals surface area contributed by atoms with Gasteiger partial charge in [-0.2, -0.15) is 0 Å². The Bertz CT molecular complexity index is 334. The van der Waals surface area contributed by atoms with Crippen molar-refractivity contribution in [3.05, 3.63) is 35.6 Å². The van der Waals surface area contributed by atoms with Crippen LogP contribution in [0.4, 0.5) is 4.39 Å². The summed E-state index contributed by atoms with van der Waals surface area (Å²) in [5.41, 5.74) is 0.252. The van der Waals surface area contributed by atoms with Gasteiger partial charge in [-0.1, -0.05) is 19.1 Å². The van der Waals surface area contributed by atoms with Crippen LogP contribution < -0.4 is 5.32 Å². The van der Waals surface area contributed by atoms with Gasteiger partial charge in [-0.15, -0.1) is 0 Å². The molecular formula is C13H20FNO. The van der Waals surface area contributed by atoms with Gasteiger partial charge in [0, 0.05) is 6.04 Å². The quantitative estimate of drug-likeness (QED) is 0.806. The molecule has 0 saturated carbocycles. The molecule has 0 aromatic heterocycles. The van der Waals surface area contributed by atoms with Gasteiger partial charge in [0.1, 0.15) is 5.82 Å². The highest BCUT2D eigenvalue weighted by Gasteiger charge is 2.30. The Morgan fingerprint density at radius 3 is 2.56 bits per heavy atom. The molecule has 1 atom stereocenters. The number of halogens is 1. The minimum atomic E-state index is -0.545. The first-order valence-electron chi connectivity index (χ1n) is 5.68. The highest BCUT2D eigenvalue weighted by molar-refractivity contribution is 5.25. The van der Waals surface area contributed by atoms with Crippen molar-refractivity contribution in [1.29, 1.82) is 0 Å². The average Bonchev–Trinajstić information content (AvgIpc) is 2.25. The molecule has 0 bridgehead atoms. The molecule has 0 aliphatic heterocycles. The second kappa shape index (κ2) is 5.41. The van der Waals surface area contributed by atoms with Crippen LogP contribution in [0.25, 0.3) is 0 Å². The lowest BCUT2D eigenvalue weighted by atomic mass is 9.87. The zero-order valence-corrected chi connectivity index (χ0v) is 10.1. The standard InChI is InChI=1S/C13H20FNO/c1-4-13(9-16,15-10(2)3)11-6-5-7-12(14)8-11/h5-8,10,15-16H,4,9H2,1-3H3. The molecule has 90 valence electrons. The largest absolute Gasteiger partial charge is 0.394 e. The predicted molar refractivity (Wildman–Crippen MR) is 63.7 cm³/mol. The van der Waals surface area contributed by atoms with E-state index in [9.17, 15) is 9.50 Å². The minimum Gasteiger partial charge on any atom is -0.394 e. The van der Waals surface area contributed by atoms with Crippen molar-refractivity contribution in [3.8, 4) is 0 Å². The van der Waals surface area contributed by atoms with Crippen LogP contribution in [0.2, 0.25) is 0 Å². The maximum Gasteiger partial charge on any atom is 0.123 e. The second-order valence-corrected chi connectivity index (χ2v) is 4.40. The van der Waals surface area contributed by atoms with Crippen LogP contribution in [0.1, 0.15) is 32.8 Å². The first kappa shape index (κ1) is 13.1. The topological polar surface area (TPSA) is 32.3 Å². The molecule has 0 radical (unpaired) electrons. The van der Waals surface area contributed by atoms with Gasteiger partial charge >= 0.3 is 0 Å². The molecule has 0 aliphatic rings. The highest BCUT2D eigenvalue weighted by Crippen LogP contribution is 2.25. The summed E-state index contributed by atoms with van der Waals surface area (Å²) in [5.74, 6) is -0.269. The van der Waals surface area contributed by atoms with Crippen LogP contribution in [-0.2, 0) is 5.54 Å². The molecule has 0 fully saturated rings. The highest BCUT2D eigenvalue weighted by atomic mass is 19.1. The van der Waals surface area contributed by atoms with E-state index in [4.69, 9.17) is 0 Å². The fraction of sp³-hybridized carbons (Fsp3) is 0.538. The number of aliphatic hydroxyl groups is 1. The zero-order valence-electron chi connectivity index (χ0n) is 10.1. The van der Waals surface area contributed by atoms with E-state index in [0.717, 1.165) is 5.56 Å². The summed E-state index contributed by atoms with van der Waals surface area (Å²) < 4.78 is 13.2. The fourth-order valence-corrected chi connectivity index (χ4v) is 1.98. The predicted octanol–water partition coefficient (Wildman–Crippen LogP) is 2.42. The Morgan fingerprint density at radius 1 is 1.44 bits per heavy atom. The zero-order chi connectivity index (χ0) is 12.2. The van der Waals surface area contributed by atoms with Crippen LogP contribution in [-0.4, -0.2) is 17.8 Å². The lowest BCUT2D eigenvalue weighted by molar-refractivity contribution is 0.146. The van der Waals surface area contributed by atoms with Crippen LogP contribution in [0.3, 0.4) is 0 Å². The Hall–Kier alpha value is -0.930. The Kier molecular flexibility index (Phi) is 4.44. The van der Waals surface area contributed by atoms with Crippen LogP contribution >= 0.6 is 0 Å². The maximum absolute atomic E-state index is 13.2. The normalized spacial score (nSPS) is 15.1. The molecule has 0 spiro atoms. The number of nitrogens with one attached hydrogen (secondary N) is 1. The SMILES string of the molecule is CCC(CO)(NC(C)C)c1cccc(F)c1. The summed E-state index contributed by atoms with van der Waals surface area (Å²) in [6.07, 6.45) is 0.713. The summed E-state index contributed by atoms with van der Waals surface area (Å²) in [6.45, 7) is 5.97. The Labute approximate surface area is 96.5 Å². The number of aliphatic hydroxyl groups excluding tert-OH is 1. The molecule has 1 unspecified atom stereocenters. The fourth-order valence-electron chi connectivity index (χ4n) is 1.98. The summed E-state index contributed by atoms with van der Waals surface area (Å²) in [7, 11) is 0. The smallest absolute Gasteiger partial charge is 0.123 e. The van der Waals surface area contributed by atoms with E-state index in [-0.39, 0.29) is 18.5 Å². The molecular weight excluding hydrogens is 205 g/mol. The lowest BCUT2D eigenvalue weighted by Crippen LogP contribution is -2.48. The number of benzene rings is 1.